The summed E-state index contributed by atoms with van der Waals surface area (Å²) in [6.45, 7) is 0.502. The van der Waals surface area contributed by atoms with Gasteiger partial charge in [-0.3, -0.25) is 9.78 Å². The van der Waals surface area contributed by atoms with Crippen molar-refractivity contribution in [1.29, 1.82) is 0 Å². The fourth-order valence-electron chi connectivity index (χ4n) is 4.03. The van der Waals surface area contributed by atoms with Crippen molar-refractivity contribution in [1.82, 2.24) is 19.9 Å². The number of carbonyl (C=O) groups excluding carboxylic acids is 3. The van der Waals surface area contributed by atoms with Crippen LogP contribution in [0.2, 0.25) is 0 Å². The van der Waals surface area contributed by atoms with E-state index >= 15 is 0 Å². The molecule has 184 valence electrons. The van der Waals surface area contributed by atoms with Crippen molar-refractivity contribution >= 4 is 23.1 Å². The monoisotopic (exact) mass is 492 g/mol. The standard InChI is InChI=1S/C28H24N4O2.CO2/c33-18-26(22-5-2-1-3-6-22)31-28(34)23-12-13-27-25(15-23)30-19-32(27)17-20-8-10-21(11-9-20)24-7-4-14-29-16-24;2-1-3/h1-16,19,26,33H,17-18H2,(H,31,34);/t26-;/m0./s1. The number of benzene rings is 3. The summed E-state index contributed by atoms with van der Waals surface area (Å²) in [7, 11) is 0. The number of imidazole rings is 1. The SMILES string of the molecule is O=C(N[C@@H](CO)c1ccccc1)c1ccc2c(c1)ncn2Cc1ccc(-c2cccnc2)cc1.O=C=O. The predicted molar refractivity (Wildman–Crippen MR) is 137 cm³/mol. The second-order valence-electron chi connectivity index (χ2n) is 8.22. The lowest BCUT2D eigenvalue weighted by Crippen LogP contribution is -2.30. The van der Waals surface area contributed by atoms with E-state index in [1.54, 1.807) is 24.7 Å². The second kappa shape index (κ2) is 12.2. The topological polar surface area (TPSA) is 114 Å². The normalized spacial score (nSPS) is 11.2. The molecule has 3 aromatic carbocycles. The van der Waals surface area contributed by atoms with Gasteiger partial charge in [-0.2, -0.15) is 9.59 Å². The number of fused-ring (bicyclic) bond motifs is 1. The summed E-state index contributed by atoms with van der Waals surface area (Å²) in [4.78, 5) is 37.8. The van der Waals surface area contributed by atoms with Crippen LogP contribution in [0.1, 0.15) is 27.5 Å². The van der Waals surface area contributed by atoms with Gasteiger partial charge in [-0.1, -0.05) is 60.7 Å². The third kappa shape index (κ3) is 6.21. The minimum absolute atomic E-state index is 0.174. The van der Waals surface area contributed by atoms with Gasteiger partial charge in [0, 0.05) is 24.5 Å². The van der Waals surface area contributed by atoms with Gasteiger partial charge in [-0.05, 0) is 46.5 Å². The molecule has 0 fully saturated rings. The highest BCUT2D eigenvalue weighted by Gasteiger charge is 2.16. The Labute approximate surface area is 213 Å². The minimum Gasteiger partial charge on any atom is -0.394 e. The molecule has 1 amide bonds. The molecule has 2 heterocycles. The number of hydrogen-bond acceptors (Lipinski definition) is 6. The van der Waals surface area contributed by atoms with Gasteiger partial charge in [0.15, 0.2) is 0 Å². The van der Waals surface area contributed by atoms with Crippen molar-refractivity contribution < 1.29 is 19.5 Å². The van der Waals surface area contributed by atoms with Gasteiger partial charge >= 0.3 is 6.15 Å². The van der Waals surface area contributed by atoms with E-state index in [0.717, 1.165) is 33.3 Å². The molecule has 0 saturated heterocycles. The van der Waals surface area contributed by atoms with Crippen molar-refractivity contribution in [2.24, 2.45) is 0 Å². The average molecular weight is 493 g/mol. The minimum atomic E-state index is -0.461. The van der Waals surface area contributed by atoms with E-state index < -0.39 is 6.04 Å². The van der Waals surface area contributed by atoms with Crippen LogP contribution in [0.15, 0.2) is 104 Å². The lowest BCUT2D eigenvalue weighted by atomic mass is 10.1. The van der Waals surface area contributed by atoms with E-state index in [-0.39, 0.29) is 18.7 Å². The highest BCUT2D eigenvalue weighted by molar-refractivity contribution is 5.97. The quantitative estimate of drug-likeness (QED) is 0.355. The molecule has 0 radical (unpaired) electrons. The fraction of sp³-hybridized carbons (Fsp3) is 0.103. The molecule has 37 heavy (non-hydrogen) atoms. The molecule has 0 spiro atoms. The molecule has 1 atom stereocenters. The predicted octanol–water partition coefficient (Wildman–Crippen LogP) is 4.03. The smallest absolute Gasteiger partial charge is 0.373 e. The van der Waals surface area contributed by atoms with Crippen LogP contribution in [0, 0.1) is 0 Å². The van der Waals surface area contributed by atoms with Crippen molar-refractivity contribution in [2.45, 2.75) is 12.6 Å². The number of aliphatic hydroxyl groups excluding tert-OH is 1. The molecule has 5 aromatic rings. The van der Waals surface area contributed by atoms with Crippen LogP contribution >= 0.6 is 0 Å². The summed E-state index contributed by atoms with van der Waals surface area (Å²) in [5.74, 6) is -0.245. The molecule has 2 N–H and O–H groups in total. The van der Waals surface area contributed by atoms with Gasteiger partial charge in [0.05, 0.1) is 30.0 Å². The summed E-state index contributed by atoms with van der Waals surface area (Å²) < 4.78 is 2.07. The zero-order valence-electron chi connectivity index (χ0n) is 19.8. The molecule has 2 aromatic heterocycles. The first-order chi connectivity index (χ1) is 18.1. The Morgan fingerprint density at radius 1 is 0.946 bits per heavy atom. The molecule has 0 unspecified atom stereocenters. The van der Waals surface area contributed by atoms with Crippen LogP contribution in [-0.4, -0.2) is 38.3 Å². The Kier molecular flexibility index (Phi) is 8.29. The van der Waals surface area contributed by atoms with Crippen LogP contribution in [0.3, 0.4) is 0 Å². The molecular weight excluding hydrogens is 468 g/mol. The van der Waals surface area contributed by atoms with Crippen LogP contribution in [0.5, 0.6) is 0 Å². The Bertz CT molecular complexity index is 1490. The number of rotatable bonds is 7. The van der Waals surface area contributed by atoms with Gasteiger partial charge in [0.25, 0.3) is 5.91 Å². The number of pyridine rings is 1. The molecule has 0 aliphatic heterocycles. The van der Waals surface area contributed by atoms with E-state index in [2.05, 4.69) is 44.1 Å². The first-order valence-corrected chi connectivity index (χ1v) is 11.5. The Morgan fingerprint density at radius 3 is 2.38 bits per heavy atom. The number of amides is 1. The molecule has 0 aliphatic rings. The maximum atomic E-state index is 12.8. The van der Waals surface area contributed by atoms with Crippen LogP contribution in [0.25, 0.3) is 22.2 Å². The van der Waals surface area contributed by atoms with Crippen LogP contribution in [-0.2, 0) is 16.1 Å². The molecule has 8 nitrogen and oxygen atoms in total. The first kappa shape index (κ1) is 25.2. The third-order valence-electron chi connectivity index (χ3n) is 5.87. The number of nitrogens with one attached hydrogen (secondary N) is 1. The maximum Gasteiger partial charge on any atom is 0.373 e. The number of hydrogen-bond donors (Lipinski definition) is 2. The molecular formula is C29H24N4O4. The van der Waals surface area contributed by atoms with Crippen molar-refractivity contribution in [3.63, 3.8) is 0 Å². The van der Waals surface area contributed by atoms with Crippen molar-refractivity contribution in [2.75, 3.05) is 6.61 Å². The zero-order valence-corrected chi connectivity index (χ0v) is 19.8. The number of aromatic nitrogens is 3. The van der Waals surface area contributed by atoms with Crippen molar-refractivity contribution in [3.05, 3.63) is 120 Å². The zero-order chi connectivity index (χ0) is 26.0. The van der Waals surface area contributed by atoms with Crippen LogP contribution < -0.4 is 5.32 Å². The van der Waals surface area contributed by atoms with E-state index in [9.17, 15) is 9.90 Å². The lowest BCUT2D eigenvalue weighted by Gasteiger charge is -2.16. The Morgan fingerprint density at radius 2 is 1.70 bits per heavy atom. The van der Waals surface area contributed by atoms with E-state index in [1.807, 2.05) is 54.7 Å². The first-order valence-electron chi connectivity index (χ1n) is 11.5. The van der Waals surface area contributed by atoms with Crippen molar-refractivity contribution in [3.8, 4) is 11.1 Å². The Hall–Kier alpha value is -4.91. The van der Waals surface area contributed by atoms with Gasteiger partial charge < -0.3 is 15.0 Å². The number of nitrogens with zero attached hydrogens (tertiary/aromatic N) is 3. The summed E-state index contributed by atoms with van der Waals surface area (Å²) in [6, 6.07) is 26.8. The van der Waals surface area contributed by atoms with E-state index in [0.29, 0.717) is 12.1 Å². The average Bonchev–Trinajstić information content (AvgIpc) is 3.35. The van der Waals surface area contributed by atoms with Gasteiger partial charge in [-0.25, -0.2) is 4.98 Å². The molecule has 5 rings (SSSR count). The second-order valence-corrected chi connectivity index (χ2v) is 8.22. The fourth-order valence-corrected chi connectivity index (χ4v) is 4.03. The number of aliphatic hydroxyl groups is 1. The summed E-state index contributed by atoms with van der Waals surface area (Å²) in [6.07, 6.45) is 5.67. The highest BCUT2D eigenvalue weighted by atomic mass is 16.3. The van der Waals surface area contributed by atoms with Gasteiger partial charge in [0.2, 0.25) is 0 Å². The highest BCUT2D eigenvalue weighted by Crippen LogP contribution is 2.21. The molecule has 0 saturated carbocycles. The maximum absolute atomic E-state index is 12.8. The van der Waals surface area contributed by atoms with E-state index in [1.165, 1.54) is 0 Å². The lowest BCUT2D eigenvalue weighted by molar-refractivity contribution is -0.191. The van der Waals surface area contributed by atoms with Gasteiger partial charge in [-0.15, -0.1) is 0 Å². The molecule has 0 bridgehead atoms. The van der Waals surface area contributed by atoms with Gasteiger partial charge in [0.1, 0.15) is 0 Å². The third-order valence-corrected chi connectivity index (χ3v) is 5.87. The van der Waals surface area contributed by atoms with E-state index in [4.69, 9.17) is 9.59 Å². The summed E-state index contributed by atoms with van der Waals surface area (Å²) in [5.41, 5.74) is 6.44. The van der Waals surface area contributed by atoms with Crippen LogP contribution in [0.4, 0.5) is 0 Å². The summed E-state index contributed by atoms with van der Waals surface area (Å²) >= 11 is 0. The Balaban J connectivity index is 0.00000102. The summed E-state index contributed by atoms with van der Waals surface area (Å²) in [5, 5.41) is 12.6. The number of carbonyl (C=O) groups is 1. The molecule has 8 heteroatoms. The largest absolute Gasteiger partial charge is 0.394 e. The molecule has 0 aliphatic carbocycles.